The maximum Gasteiger partial charge on any atom is 0.320 e. The Morgan fingerprint density at radius 2 is 1.85 bits per heavy atom. The van der Waals surface area contributed by atoms with E-state index in [4.69, 9.17) is 10.5 Å². The standard InChI is InChI=1S/C23H31N7O4/c1-5-6-11-34-21-27-18(24)17-19(28-21)30(22(33)26-17)13-14-7-9-15(10-8-14)20(32)25-12-16(31)29-23(2,3)4/h7-10H,5-6,11-13H2,1-4H3,(H,25,32)(H,26,33)(H,29,31)(H2,24,27,28). The number of carbonyl (C=O) groups excluding carboxylic acids is 2. The molecule has 3 rings (SSSR count). The molecule has 2 amide bonds. The van der Waals surface area contributed by atoms with Crippen LogP contribution < -0.4 is 21.1 Å². The summed E-state index contributed by atoms with van der Waals surface area (Å²) < 4.78 is 7.05. The molecule has 0 atom stereocenters. The molecule has 0 aliphatic rings. The number of anilines is 1. The molecule has 2 heterocycles. The van der Waals surface area contributed by atoms with Crippen LogP contribution in [0.15, 0.2) is 24.3 Å². The summed E-state index contributed by atoms with van der Waals surface area (Å²) in [5.74, 6) is -0.506. The van der Waals surface area contributed by atoms with Gasteiger partial charge in [-0.05, 0) is 44.9 Å². The van der Waals surface area contributed by atoms with E-state index in [1.54, 1.807) is 24.3 Å². The number of carbonyl (C=O) groups is 2. The van der Waals surface area contributed by atoms with Crippen molar-refractivity contribution in [2.75, 3.05) is 18.9 Å². The second-order valence-corrected chi connectivity index (χ2v) is 8.94. The maximum absolute atomic E-state index is 12.4. The molecular formula is C23H31N7O4. The van der Waals surface area contributed by atoms with Gasteiger partial charge in [-0.1, -0.05) is 25.5 Å². The van der Waals surface area contributed by atoms with Crippen LogP contribution in [0.2, 0.25) is 0 Å². The third kappa shape index (κ3) is 6.33. The molecule has 0 saturated carbocycles. The summed E-state index contributed by atoms with van der Waals surface area (Å²) in [6.45, 7) is 8.24. The first-order chi connectivity index (χ1) is 16.1. The van der Waals surface area contributed by atoms with E-state index in [2.05, 4.69) is 25.6 Å². The Morgan fingerprint density at radius 1 is 1.15 bits per heavy atom. The Kier molecular flexibility index (Phi) is 7.54. The fourth-order valence-corrected chi connectivity index (χ4v) is 3.18. The lowest BCUT2D eigenvalue weighted by Gasteiger charge is -2.20. The number of aromatic nitrogens is 4. The van der Waals surface area contributed by atoms with Crippen molar-refractivity contribution >= 4 is 28.8 Å². The Morgan fingerprint density at radius 3 is 2.50 bits per heavy atom. The van der Waals surface area contributed by atoms with Gasteiger partial charge < -0.3 is 26.2 Å². The number of nitrogens with one attached hydrogen (secondary N) is 2. The normalized spacial score (nSPS) is 11.4. The van der Waals surface area contributed by atoms with Crippen molar-refractivity contribution in [1.29, 1.82) is 0 Å². The zero-order valence-electron chi connectivity index (χ0n) is 19.9. The van der Waals surface area contributed by atoms with E-state index in [-0.39, 0.29) is 53.8 Å². The lowest BCUT2D eigenvalue weighted by Crippen LogP contribution is -2.45. The van der Waals surface area contributed by atoms with E-state index in [1.165, 1.54) is 4.57 Å². The van der Waals surface area contributed by atoms with Crippen molar-refractivity contribution in [1.82, 2.24) is 30.2 Å². The van der Waals surface area contributed by atoms with Crippen LogP contribution in [-0.2, 0) is 11.3 Å². The van der Waals surface area contributed by atoms with Crippen LogP contribution in [0.25, 0.3) is 11.2 Å². The number of amides is 2. The largest absolute Gasteiger partial charge is 0.480 e. The minimum atomic E-state index is -0.371. The summed E-state index contributed by atoms with van der Waals surface area (Å²) in [5, 5.41) is 15.7. The molecular weight excluding hydrogens is 438 g/mol. The number of hydrogen-bond acceptors (Lipinski definition) is 8. The molecule has 2 aromatic heterocycles. The Hall–Kier alpha value is -3.89. The van der Waals surface area contributed by atoms with E-state index in [0.717, 1.165) is 18.4 Å². The molecule has 0 saturated heterocycles. The van der Waals surface area contributed by atoms with Gasteiger partial charge in [-0.3, -0.25) is 14.2 Å². The average Bonchev–Trinajstić information content (AvgIpc) is 3.07. The minimum Gasteiger partial charge on any atom is -0.480 e. The van der Waals surface area contributed by atoms with E-state index in [9.17, 15) is 14.7 Å². The summed E-state index contributed by atoms with van der Waals surface area (Å²) in [5.41, 5.74) is 7.45. The highest BCUT2D eigenvalue weighted by Gasteiger charge is 2.18. The monoisotopic (exact) mass is 469 g/mol. The number of rotatable bonds is 9. The highest BCUT2D eigenvalue weighted by Crippen LogP contribution is 2.25. The van der Waals surface area contributed by atoms with Crippen LogP contribution in [0.1, 0.15) is 56.5 Å². The maximum atomic E-state index is 12.4. The minimum absolute atomic E-state index is 0.115. The third-order valence-corrected chi connectivity index (χ3v) is 4.79. The molecule has 0 bridgehead atoms. The predicted octanol–water partition coefficient (Wildman–Crippen LogP) is 1.99. The van der Waals surface area contributed by atoms with Crippen LogP contribution in [0.3, 0.4) is 0 Å². The number of benzene rings is 1. The lowest BCUT2D eigenvalue weighted by molar-refractivity contribution is -0.121. The zero-order chi connectivity index (χ0) is 24.9. The number of ether oxygens (including phenoxy) is 1. The van der Waals surface area contributed by atoms with Gasteiger partial charge in [0.05, 0.1) is 19.7 Å². The fraction of sp³-hybridized carbons (Fsp3) is 0.435. The van der Waals surface area contributed by atoms with Crippen molar-refractivity contribution in [3.8, 4) is 12.0 Å². The van der Waals surface area contributed by atoms with E-state index in [0.29, 0.717) is 17.8 Å². The fourth-order valence-electron chi connectivity index (χ4n) is 3.18. The number of hydrogen-bond donors (Lipinski definition) is 4. The smallest absolute Gasteiger partial charge is 0.320 e. The molecule has 0 aliphatic heterocycles. The molecule has 11 nitrogen and oxygen atoms in total. The Bertz CT molecular complexity index is 1170. The number of nitrogens with two attached hydrogens (primary N) is 1. The van der Waals surface area contributed by atoms with Crippen LogP contribution in [0, 0.1) is 0 Å². The molecule has 34 heavy (non-hydrogen) atoms. The molecule has 0 fully saturated rings. The second-order valence-electron chi connectivity index (χ2n) is 8.94. The Balaban J connectivity index is 1.71. The summed E-state index contributed by atoms with van der Waals surface area (Å²) in [6, 6.07) is 6.66. The van der Waals surface area contributed by atoms with Crippen molar-refractivity contribution in [2.45, 2.75) is 52.6 Å². The molecule has 182 valence electrons. The molecule has 0 radical (unpaired) electrons. The molecule has 3 aromatic rings. The van der Waals surface area contributed by atoms with Crippen LogP contribution in [0.5, 0.6) is 12.0 Å². The van der Waals surface area contributed by atoms with Crippen molar-refractivity contribution in [2.24, 2.45) is 0 Å². The van der Waals surface area contributed by atoms with Gasteiger partial charge >= 0.3 is 6.01 Å². The quantitative estimate of drug-likeness (QED) is 0.347. The van der Waals surface area contributed by atoms with Gasteiger partial charge in [0.15, 0.2) is 17.0 Å². The first-order valence-electron chi connectivity index (χ1n) is 11.1. The summed E-state index contributed by atoms with van der Waals surface area (Å²) in [4.78, 5) is 36.8. The van der Waals surface area contributed by atoms with Crippen LogP contribution in [0.4, 0.5) is 5.82 Å². The summed E-state index contributed by atoms with van der Waals surface area (Å²) >= 11 is 0. The van der Waals surface area contributed by atoms with Crippen molar-refractivity contribution < 1.29 is 19.4 Å². The van der Waals surface area contributed by atoms with Gasteiger partial charge in [-0.25, -0.2) is 0 Å². The van der Waals surface area contributed by atoms with Crippen molar-refractivity contribution in [3.63, 3.8) is 0 Å². The summed E-state index contributed by atoms with van der Waals surface area (Å²) in [6.07, 6.45) is 1.82. The number of imidazole rings is 1. The van der Waals surface area contributed by atoms with Crippen LogP contribution in [-0.4, -0.2) is 55.1 Å². The van der Waals surface area contributed by atoms with Gasteiger partial charge in [-0.15, -0.1) is 0 Å². The number of unbranched alkanes of at least 4 members (excludes halogenated alkanes) is 1. The predicted molar refractivity (Wildman–Crippen MR) is 128 cm³/mol. The van der Waals surface area contributed by atoms with Gasteiger partial charge in [0, 0.05) is 11.1 Å². The first-order valence-corrected chi connectivity index (χ1v) is 11.1. The molecule has 0 unspecified atom stereocenters. The number of fused-ring (bicyclic) bond motifs is 1. The molecule has 0 aliphatic carbocycles. The Labute approximate surface area is 197 Å². The molecule has 0 spiro atoms. The average molecular weight is 470 g/mol. The molecule has 11 heteroatoms. The van der Waals surface area contributed by atoms with Gasteiger partial charge in [0.1, 0.15) is 0 Å². The molecule has 5 N–H and O–H groups in total. The third-order valence-electron chi connectivity index (χ3n) is 4.79. The first kappa shape index (κ1) is 24.7. The topological polar surface area (TPSA) is 157 Å². The SMILES string of the molecule is CCCCOc1nc(N)c2nc(O)n(Cc3ccc(C(=O)NCC(=O)NC(C)(C)C)cc3)c2n1. The van der Waals surface area contributed by atoms with Crippen molar-refractivity contribution in [3.05, 3.63) is 35.4 Å². The van der Waals surface area contributed by atoms with E-state index in [1.807, 2.05) is 27.7 Å². The highest BCUT2D eigenvalue weighted by molar-refractivity contribution is 5.96. The van der Waals surface area contributed by atoms with E-state index < -0.39 is 0 Å². The van der Waals surface area contributed by atoms with Gasteiger partial charge in [0.25, 0.3) is 11.9 Å². The van der Waals surface area contributed by atoms with Gasteiger partial charge in [-0.2, -0.15) is 15.0 Å². The highest BCUT2D eigenvalue weighted by atomic mass is 16.5. The lowest BCUT2D eigenvalue weighted by atomic mass is 10.1. The number of nitrogens with zero attached hydrogens (tertiary/aromatic N) is 4. The number of nitrogen functional groups attached to an aromatic ring is 1. The van der Waals surface area contributed by atoms with Crippen LogP contribution >= 0.6 is 0 Å². The van der Waals surface area contributed by atoms with Gasteiger partial charge in [0.2, 0.25) is 5.91 Å². The van der Waals surface area contributed by atoms with E-state index >= 15 is 0 Å². The number of aromatic hydroxyl groups is 1. The molecule has 1 aromatic carbocycles. The zero-order valence-corrected chi connectivity index (χ0v) is 19.9. The summed E-state index contributed by atoms with van der Waals surface area (Å²) in [7, 11) is 0. The second kappa shape index (κ2) is 10.4.